The van der Waals surface area contributed by atoms with Crippen molar-refractivity contribution in [2.24, 2.45) is 0 Å². The van der Waals surface area contributed by atoms with Crippen LogP contribution in [0.25, 0.3) is 0 Å². The van der Waals surface area contributed by atoms with Gasteiger partial charge in [-0.15, -0.1) is 0 Å². The number of nitrogens with zero attached hydrogens (tertiary/aromatic N) is 4. The molecule has 0 bridgehead atoms. The van der Waals surface area contributed by atoms with Crippen LogP contribution in [0.1, 0.15) is 44.4 Å². The number of nitrogens with one attached hydrogen (secondary N) is 1. The SMILES string of the molecule is CCC(C)n1nccc1NC(=O)C(C)N(C)Cc1cccc(C#N)c1. The summed E-state index contributed by atoms with van der Waals surface area (Å²) >= 11 is 0. The van der Waals surface area contributed by atoms with Gasteiger partial charge in [-0.25, -0.2) is 4.68 Å². The lowest BCUT2D eigenvalue weighted by atomic mass is 10.1. The van der Waals surface area contributed by atoms with E-state index in [0.717, 1.165) is 12.0 Å². The fourth-order valence-corrected chi connectivity index (χ4v) is 2.53. The molecule has 0 saturated carbocycles. The first-order valence-corrected chi connectivity index (χ1v) is 8.50. The zero-order valence-electron chi connectivity index (χ0n) is 15.2. The summed E-state index contributed by atoms with van der Waals surface area (Å²) in [6.07, 6.45) is 2.64. The van der Waals surface area contributed by atoms with Gasteiger partial charge in [0, 0.05) is 12.6 Å². The summed E-state index contributed by atoms with van der Waals surface area (Å²) in [6, 6.07) is 11.3. The Bertz CT molecular complexity index is 761. The molecule has 1 N–H and O–H groups in total. The summed E-state index contributed by atoms with van der Waals surface area (Å²) < 4.78 is 1.83. The quantitative estimate of drug-likeness (QED) is 0.841. The molecular weight excluding hydrogens is 314 g/mol. The van der Waals surface area contributed by atoms with Crippen LogP contribution >= 0.6 is 0 Å². The van der Waals surface area contributed by atoms with Gasteiger partial charge in [0.25, 0.3) is 0 Å². The van der Waals surface area contributed by atoms with E-state index in [2.05, 4.69) is 30.3 Å². The predicted octanol–water partition coefficient (Wildman–Crippen LogP) is 3.18. The zero-order chi connectivity index (χ0) is 18.4. The molecule has 25 heavy (non-hydrogen) atoms. The number of rotatable bonds is 7. The smallest absolute Gasteiger partial charge is 0.242 e. The molecule has 0 radical (unpaired) electrons. The number of anilines is 1. The van der Waals surface area contributed by atoms with Crippen molar-refractivity contribution in [3.8, 4) is 6.07 Å². The van der Waals surface area contributed by atoms with Crippen LogP contribution in [0.4, 0.5) is 5.82 Å². The van der Waals surface area contributed by atoms with Gasteiger partial charge in [0.15, 0.2) is 0 Å². The van der Waals surface area contributed by atoms with E-state index < -0.39 is 0 Å². The first kappa shape index (κ1) is 18.7. The minimum absolute atomic E-state index is 0.0796. The fraction of sp³-hybridized carbons (Fsp3) is 0.421. The molecule has 6 nitrogen and oxygen atoms in total. The van der Waals surface area contributed by atoms with Crippen molar-refractivity contribution in [1.29, 1.82) is 5.26 Å². The maximum Gasteiger partial charge on any atom is 0.242 e. The Balaban J connectivity index is 2.02. The minimum Gasteiger partial charge on any atom is -0.310 e. The van der Waals surface area contributed by atoms with Crippen molar-refractivity contribution in [2.45, 2.75) is 45.8 Å². The van der Waals surface area contributed by atoms with E-state index >= 15 is 0 Å². The van der Waals surface area contributed by atoms with Gasteiger partial charge in [-0.05, 0) is 45.0 Å². The van der Waals surface area contributed by atoms with Gasteiger partial charge >= 0.3 is 0 Å². The molecule has 6 heteroatoms. The van der Waals surface area contributed by atoms with Gasteiger partial charge in [0.05, 0.1) is 29.9 Å². The van der Waals surface area contributed by atoms with Crippen molar-refractivity contribution in [3.63, 3.8) is 0 Å². The van der Waals surface area contributed by atoms with Gasteiger partial charge in [-0.1, -0.05) is 19.1 Å². The topological polar surface area (TPSA) is 74.0 Å². The molecule has 1 aromatic carbocycles. The van der Waals surface area contributed by atoms with Crippen LogP contribution in [-0.2, 0) is 11.3 Å². The predicted molar refractivity (Wildman–Crippen MR) is 97.9 cm³/mol. The number of nitriles is 1. The Hall–Kier alpha value is -2.65. The summed E-state index contributed by atoms with van der Waals surface area (Å²) in [6.45, 7) is 6.62. The van der Waals surface area contributed by atoms with Crippen LogP contribution < -0.4 is 5.32 Å². The average molecular weight is 339 g/mol. The van der Waals surface area contributed by atoms with Crippen LogP contribution in [0.2, 0.25) is 0 Å². The molecule has 132 valence electrons. The summed E-state index contributed by atoms with van der Waals surface area (Å²) in [5.74, 6) is 0.634. The van der Waals surface area contributed by atoms with Gasteiger partial charge in [0.2, 0.25) is 5.91 Å². The molecule has 0 saturated heterocycles. The van der Waals surface area contributed by atoms with Crippen molar-refractivity contribution < 1.29 is 4.79 Å². The molecule has 1 aromatic heterocycles. The van der Waals surface area contributed by atoms with E-state index in [1.807, 2.05) is 47.8 Å². The van der Waals surface area contributed by atoms with Crippen LogP contribution in [0, 0.1) is 11.3 Å². The second-order valence-electron chi connectivity index (χ2n) is 6.31. The van der Waals surface area contributed by atoms with Crippen molar-refractivity contribution in [3.05, 3.63) is 47.7 Å². The number of benzene rings is 1. The van der Waals surface area contributed by atoms with Crippen molar-refractivity contribution >= 4 is 11.7 Å². The maximum absolute atomic E-state index is 12.6. The molecule has 0 aliphatic rings. The molecule has 2 rings (SSSR count). The molecule has 0 fully saturated rings. The highest BCUT2D eigenvalue weighted by molar-refractivity contribution is 5.93. The first-order valence-electron chi connectivity index (χ1n) is 8.50. The highest BCUT2D eigenvalue weighted by Gasteiger charge is 2.20. The van der Waals surface area contributed by atoms with Crippen molar-refractivity contribution in [2.75, 3.05) is 12.4 Å². The Morgan fingerprint density at radius 3 is 2.84 bits per heavy atom. The highest BCUT2D eigenvalue weighted by atomic mass is 16.2. The summed E-state index contributed by atoms with van der Waals surface area (Å²) in [4.78, 5) is 14.5. The second kappa shape index (κ2) is 8.45. The van der Waals surface area contributed by atoms with E-state index in [-0.39, 0.29) is 18.0 Å². The van der Waals surface area contributed by atoms with E-state index in [9.17, 15) is 4.79 Å². The number of carbonyl (C=O) groups is 1. The normalized spacial score (nSPS) is 13.3. The summed E-state index contributed by atoms with van der Waals surface area (Å²) in [7, 11) is 1.90. The second-order valence-corrected chi connectivity index (χ2v) is 6.31. The van der Waals surface area contributed by atoms with Crippen LogP contribution in [0.3, 0.4) is 0 Å². The molecule has 1 heterocycles. The highest BCUT2D eigenvalue weighted by Crippen LogP contribution is 2.17. The van der Waals surface area contributed by atoms with Crippen LogP contribution in [0.15, 0.2) is 36.5 Å². The summed E-state index contributed by atoms with van der Waals surface area (Å²) in [5, 5.41) is 16.2. The van der Waals surface area contributed by atoms with E-state index in [0.29, 0.717) is 17.9 Å². The Kier molecular flexibility index (Phi) is 6.31. The molecule has 0 spiro atoms. The maximum atomic E-state index is 12.6. The third kappa shape index (κ3) is 4.68. The number of likely N-dealkylation sites (N-methyl/N-ethyl adjacent to an activating group) is 1. The Labute approximate surface area is 149 Å². The lowest BCUT2D eigenvalue weighted by Crippen LogP contribution is -2.39. The van der Waals surface area contributed by atoms with Crippen LogP contribution in [0.5, 0.6) is 0 Å². The molecule has 2 aromatic rings. The number of amides is 1. The zero-order valence-corrected chi connectivity index (χ0v) is 15.2. The Morgan fingerprint density at radius 1 is 1.40 bits per heavy atom. The molecular formula is C19H25N5O. The van der Waals surface area contributed by atoms with Gasteiger partial charge in [-0.2, -0.15) is 10.4 Å². The molecule has 0 aliphatic heterocycles. The third-order valence-corrected chi connectivity index (χ3v) is 4.46. The molecule has 2 atom stereocenters. The number of hydrogen-bond acceptors (Lipinski definition) is 4. The number of hydrogen-bond donors (Lipinski definition) is 1. The largest absolute Gasteiger partial charge is 0.310 e. The van der Waals surface area contributed by atoms with Gasteiger partial charge in [0.1, 0.15) is 5.82 Å². The lowest BCUT2D eigenvalue weighted by Gasteiger charge is -2.24. The van der Waals surface area contributed by atoms with Crippen LogP contribution in [-0.4, -0.2) is 33.7 Å². The number of carbonyl (C=O) groups excluding carboxylic acids is 1. The molecule has 0 aliphatic carbocycles. The monoisotopic (exact) mass is 339 g/mol. The minimum atomic E-state index is -0.314. The first-order chi connectivity index (χ1) is 12.0. The molecule has 1 amide bonds. The van der Waals surface area contributed by atoms with Crippen molar-refractivity contribution in [1.82, 2.24) is 14.7 Å². The van der Waals surface area contributed by atoms with Gasteiger partial charge < -0.3 is 5.32 Å². The van der Waals surface area contributed by atoms with E-state index in [4.69, 9.17) is 5.26 Å². The summed E-state index contributed by atoms with van der Waals surface area (Å²) in [5.41, 5.74) is 1.63. The van der Waals surface area contributed by atoms with Gasteiger partial charge in [-0.3, -0.25) is 9.69 Å². The average Bonchev–Trinajstić information content (AvgIpc) is 3.08. The third-order valence-electron chi connectivity index (χ3n) is 4.46. The van der Waals surface area contributed by atoms with E-state index in [1.165, 1.54) is 0 Å². The number of aromatic nitrogens is 2. The molecule has 2 unspecified atom stereocenters. The Morgan fingerprint density at radius 2 is 2.16 bits per heavy atom. The lowest BCUT2D eigenvalue weighted by molar-refractivity contribution is -0.120. The standard InChI is InChI=1S/C19H25N5O/c1-5-14(2)24-18(9-10-21-24)22-19(25)15(3)23(4)13-17-8-6-7-16(11-17)12-20/h6-11,14-15H,5,13H2,1-4H3,(H,22,25). The fourth-order valence-electron chi connectivity index (χ4n) is 2.53. The van der Waals surface area contributed by atoms with E-state index in [1.54, 1.807) is 12.3 Å².